The first kappa shape index (κ1) is 15.7. The van der Waals surface area contributed by atoms with Crippen molar-refractivity contribution >= 4 is 16.5 Å². The number of nitrogens with zero attached hydrogens (tertiary/aromatic N) is 3. The number of anilines is 1. The van der Waals surface area contributed by atoms with Crippen LogP contribution in [-0.4, -0.2) is 14.8 Å². The summed E-state index contributed by atoms with van der Waals surface area (Å²) in [4.78, 5) is 16.8. The maximum atomic E-state index is 12.6. The van der Waals surface area contributed by atoms with E-state index in [0.29, 0.717) is 22.9 Å². The van der Waals surface area contributed by atoms with Crippen LogP contribution in [0.2, 0.25) is 0 Å². The van der Waals surface area contributed by atoms with Crippen LogP contribution in [0.5, 0.6) is 0 Å². The number of nitrogen functional groups attached to an aromatic ring is 1. The SMILES string of the molecule is CCCCn1nc(C(C)(C)C)cc(-c2csc(N)n2)c1=O. The van der Waals surface area contributed by atoms with Gasteiger partial charge in [0.25, 0.3) is 5.56 Å². The minimum absolute atomic E-state index is 0.0956. The van der Waals surface area contributed by atoms with E-state index in [4.69, 9.17) is 5.73 Å². The molecule has 0 spiro atoms. The molecule has 0 aliphatic rings. The monoisotopic (exact) mass is 306 g/mol. The van der Waals surface area contributed by atoms with E-state index in [9.17, 15) is 4.79 Å². The van der Waals surface area contributed by atoms with Crippen molar-refractivity contribution in [1.82, 2.24) is 14.8 Å². The number of nitrogens with two attached hydrogens (primary N) is 1. The fourth-order valence-electron chi connectivity index (χ4n) is 1.96. The summed E-state index contributed by atoms with van der Waals surface area (Å²) >= 11 is 1.34. The van der Waals surface area contributed by atoms with Gasteiger partial charge in [-0.1, -0.05) is 34.1 Å². The van der Waals surface area contributed by atoms with Crippen LogP contribution in [-0.2, 0) is 12.0 Å². The van der Waals surface area contributed by atoms with Gasteiger partial charge in [0.05, 0.1) is 17.0 Å². The van der Waals surface area contributed by atoms with E-state index in [1.807, 2.05) is 11.4 Å². The molecule has 0 unspecified atom stereocenters. The average molecular weight is 306 g/mol. The van der Waals surface area contributed by atoms with E-state index in [-0.39, 0.29) is 11.0 Å². The molecule has 0 aliphatic carbocycles. The van der Waals surface area contributed by atoms with Gasteiger partial charge in [-0.3, -0.25) is 4.79 Å². The summed E-state index contributed by atoms with van der Waals surface area (Å²) in [6, 6.07) is 1.85. The predicted octanol–water partition coefficient (Wildman–Crippen LogP) is 3.05. The zero-order valence-electron chi connectivity index (χ0n) is 13.0. The molecule has 6 heteroatoms. The molecule has 0 saturated heterocycles. The van der Waals surface area contributed by atoms with Crippen LogP contribution >= 0.6 is 11.3 Å². The van der Waals surface area contributed by atoms with E-state index < -0.39 is 0 Å². The summed E-state index contributed by atoms with van der Waals surface area (Å²) in [6.07, 6.45) is 1.95. The van der Waals surface area contributed by atoms with E-state index in [0.717, 1.165) is 18.5 Å². The molecule has 0 atom stereocenters. The normalized spacial score (nSPS) is 11.8. The molecule has 2 heterocycles. The van der Waals surface area contributed by atoms with Crippen molar-refractivity contribution in [3.8, 4) is 11.3 Å². The molecule has 114 valence electrons. The van der Waals surface area contributed by atoms with Crippen LogP contribution in [0.1, 0.15) is 46.2 Å². The third-order valence-electron chi connectivity index (χ3n) is 3.26. The smallest absolute Gasteiger partial charge is 0.276 e. The summed E-state index contributed by atoms with van der Waals surface area (Å²) in [5.74, 6) is 0. The van der Waals surface area contributed by atoms with Crippen molar-refractivity contribution in [3.63, 3.8) is 0 Å². The number of unbranched alkanes of at least 4 members (excludes halogenated alkanes) is 1. The molecule has 0 bridgehead atoms. The molecule has 0 amide bonds. The Bertz CT molecular complexity index is 682. The second kappa shape index (κ2) is 5.97. The highest BCUT2D eigenvalue weighted by Gasteiger charge is 2.20. The Hall–Kier alpha value is -1.69. The van der Waals surface area contributed by atoms with Crippen LogP contribution in [0.25, 0.3) is 11.3 Å². The van der Waals surface area contributed by atoms with Gasteiger partial charge < -0.3 is 5.73 Å². The van der Waals surface area contributed by atoms with Gasteiger partial charge in [-0.05, 0) is 12.5 Å². The number of rotatable bonds is 4. The first-order valence-electron chi connectivity index (χ1n) is 7.17. The van der Waals surface area contributed by atoms with Crippen molar-refractivity contribution in [3.05, 3.63) is 27.5 Å². The molecule has 0 fully saturated rings. The van der Waals surface area contributed by atoms with Crippen LogP contribution in [0.3, 0.4) is 0 Å². The van der Waals surface area contributed by atoms with Crippen molar-refractivity contribution in [2.75, 3.05) is 5.73 Å². The summed E-state index contributed by atoms with van der Waals surface area (Å²) in [6.45, 7) is 8.99. The maximum absolute atomic E-state index is 12.6. The van der Waals surface area contributed by atoms with Gasteiger partial charge in [-0.2, -0.15) is 5.10 Å². The van der Waals surface area contributed by atoms with Gasteiger partial charge >= 0.3 is 0 Å². The van der Waals surface area contributed by atoms with Gasteiger partial charge in [0.15, 0.2) is 5.13 Å². The summed E-state index contributed by atoms with van der Waals surface area (Å²) in [5.41, 5.74) is 7.58. The summed E-state index contributed by atoms with van der Waals surface area (Å²) in [5, 5.41) is 6.82. The summed E-state index contributed by atoms with van der Waals surface area (Å²) in [7, 11) is 0. The molecular formula is C15H22N4OS. The highest BCUT2D eigenvalue weighted by atomic mass is 32.1. The molecule has 0 radical (unpaired) electrons. The lowest BCUT2D eigenvalue weighted by molar-refractivity contribution is 0.488. The maximum Gasteiger partial charge on any atom is 0.276 e. The van der Waals surface area contributed by atoms with Gasteiger partial charge in [0, 0.05) is 17.3 Å². The Labute approximate surface area is 128 Å². The molecule has 2 N–H and O–H groups in total. The summed E-state index contributed by atoms with van der Waals surface area (Å²) < 4.78 is 1.56. The highest BCUT2D eigenvalue weighted by Crippen LogP contribution is 2.25. The van der Waals surface area contributed by atoms with Crippen molar-refractivity contribution in [1.29, 1.82) is 0 Å². The molecule has 0 aliphatic heterocycles. The minimum Gasteiger partial charge on any atom is -0.375 e. The number of thiazole rings is 1. The Morgan fingerprint density at radius 1 is 1.38 bits per heavy atom. The fourth-order valence-corrected chi connectivity index (χ4v) is 2.53. The average Bonchev–Trinajstić information content (AvgIpc) is 2.82. The van der Waals surface area contributed by atoms with Gasteiger partial charge in [0.1, 0.15) is 0 Å². The number of hydrogen-bond acceptors (Lipinski definition) is 5. The molecule has 0 saturated carbocycles. The van der Waals surface area contributed by atoms with Crippen molar-refractivity contribution in [2.45, 2.75) is 52.5 Å². The molecular weight excluding hydrogens is 284 g/mol. The first-order chi connectivity index (χ1) is 9.82. The van der Waals surface area contributed by atoms with E-state index in [1.54, 1.807) is 4.68 Å². The third-order valence-corrected chi connectivity index (χ3v) is 3.94. The van der Waals surface area contributed by atoms with Crippen molar-refractivity contribution in [2.24, 2.45) is 0 Å². The van der Waals surface area contributed by atoms with Crippen LogP contribution in [0.15, 0.2) is 16.2 Å². The van der Waals surface area contributed by atoms with E-state index in [1.165, 1.54) is 11.3 Å². The Kier molecular flexibility index (Phi) is 4.46. The first-order valence-corrected chi connectivity index (χ1v) is 8.05. The van der Waals surface area contributed by atoms with Crippen LogP contribution in [0, 0.1) is 0 Å². The lowest BCUT2D eigenvalue weighted by atomic mass is 9.91. The number of aryl methyl sites for hydroxylation is 1. The lowest BCUT2D eigenvalue weighted by Crippen LogP contribution is -2.29. The zero-order chi connectivity index (χ0) is 15.6. The Morgan fingerprint density at radius 3 is 2.62 bits per heavy atom. The fraction of sp³-hybridized carbons (Fsp3) is 0.533. The second-order valence-corrected chi connectivity index (χ2v) is 7.04. The highest BCUT2D eigenvalue weighted by molar-refractivity contribution is 7.13. The quantitative estimate of drug-likeness (QED) is 0.942. The standard InChI is InChI=1S/C15H22N4OS/c1-5-6-7-19-13(20)10(11-9-21-14(16)17-11)8-12(18-19)15(2,3)4/h8-9H,5-7H2,1-4H3,(H2,16,17). The van der Waals surface area contributed by atoms with Crippen LogP contribution < -0.4 is 11.3 Å². The number of aromatic nitrogens is 3. The molecule has 0 aromatic carbocycles. The van der Waals surface area contributed by atoms with Gasteiger partial charge in [0.2, 0.25) is 0 Å². The second-order valence-electron chi connectivity index (χ2n) is 6.15. The van der Waals surface area contributed by atoms with E-state index in [2.05, 4.69) is 37.8 Å². The Morgan fingerprint density at radius 2 is 2.10 bits per heavy atom. The topological polar surface area (TPSA) is 73.8 Å². The zero-order valence-corrected chi connectivity index (χ0v) is 13.8. The molecule has 2 aromatic rings. The number of hydrogen-bond donors (Lipinski definition) is 1. The van der Waals surface area contributed by atoms with Crippen molar-refractivity contribution < 1.29 is 0 Å². The largest absolute Gasteiger partial charge is 0.375 e. The minimum atomic E-state index is -0.127. The third kappa shape index (κ3) is 3.50. The molecule has 2 aromatic heterocycles. The predicted molar refractivity (Wildman–Crippen MR) is 87.6 cm³/mol. The van der Waals surface area contributed by atoms with Gasteiger partial charge in [-0.15, -0.1) is 11.3 Å². The van der Waals surface area contributed by atoms with E-state index >= 15 is 0 Å². The lowest BCUT2D eigenvalue weighted by Gasteiger charge is -2.19. The molecule has 5 nitrogen and oxygen atoms in total. The molecule has 2 rings (SSSR count). The van der Waals surface area contributed by atoms with Crippen LogP contribution in [0.4, 0.5) is 5.13 Å². The van der Waals surface area contributed by atoms with Gasteiger partial charge in [-0.25, -0.2) is 9.67 Å². The molecule has 21 heavy (non-hydrogen) atoms. The Balaban J connectivity index is 2.60.